The van der Waals surface area contributed by atoms with Gasteiger partial charge in [-0.3, -0.25) is 4.55 Å². The van der Waals surface area contributed by atoms with E-state index in [9.17, 15) is 13.5 Å². The van der Waals surface area contributed by atoms with Gasteiger partial charge in [0.05, 0.1) is 0 Å². The van der Waals surface area contributed by atoms with Crippen molar-refractivity contribution in [2.24, 2.45) is 46.3 Å². The van der Waals surface area contributed by atoms with Crippen molar-refractivity contribution in [1.29, 1.82) is 0 Å². The SMILES string of the molecule is CC(C)CCC[C@@H](C)[C@H]1CC[C@H]2[C@@H]3CC=C4C[C@@](O)(OS(=O)(=O)O)CC[C@]4(C)[C@H]3CC[C@]12C. The van der Waals surface area contributed by atoms with Gasteiger partial charge in [0.2, 0.25) is 0 Å². The Balaban J connectivity index is 1.50. The Bertz CT molecular complexity index is 866. The number of aliphatic hydroxyl groups is 1. The largest absolute Gasteiger partial charge is 0.400 e. The second-order valence-corrected chi connectivity index (χ2v) is 13.9. The molecular formula is C27H46O5S. The summed E-state index contributed by atoms with van der Waals surface area (Å²) in [6, 6.07) is 0. The van der Waals surface area contributed by atoms with Gasteiger partial charge in [-0.2, -0.15) is 8.42 Å². The fourth-order valence-electron chi connectivity index (χ4n) is 8.91. The maximum Gasteiger partial charge on any atom is 0.400 e. The lowest BCUT2D eigenvalue weighted by Gasteiger charge is -2.59. The topological polar surface area (TPSA) is 83.8 Å². The van der Waals surface area contributed by atoms with E-state index in [1.165, 1.54) is 44.9 Å². The average molecular weight is 483 g/mol. The highest BCUT2D eigenvalue weighted by molar-refractivity contribution is 7.80. The summed E-state index contributed by atoms with van der Waals surface area (Å²) in [5.74, 6) is 2.62. The highest BCUT2D eigenvalue weighted by atomic mass is 32.3. The van der Waals surface area contributed by atoms with Crippen LogP contribution in [0.1, 0.15) is 105 Å². The molecule has 0 aromatic heterocycles. The Morgan fingerprint density at radius 1 is 1.06 bits per heavy atom. The van der Waals surface area contributed by atoms with Crippen LogP contribution >= 0.6 is 0 Å². The van der Waals surface area contributed by atoms with Gasteiger partial charge < -0.3 is 5.11 Å². The maximum absolute atomic E-state index is 11.3. The summed E-state index contributed by atoms with van der Waals surface area (Å²) >= 11 is 0. The zero-order chi connectivity index (χ0) is 24.2. The van der Waals surface area contributed by atoms with E-state index in [4.69, 9.17) is 8.74 Å². The van der Waals surface area contributed by atoms with Crippen molar-refractivity contribution in [3.8, 4) is 0 Å². The molecule has 0 aromatic rings. The lowest BCUT2D eigenvalue weighted by Crippen LogP contribution is -2.53. The highest BCUT2D eigenvalue weighted by Gasteiger charge is 2.60. The van der Waals surface area contributed by atoms with Crippen LogP contribution in [0.15, 0.2) is 11.6 Å². The van der Waals surface area contributed by atoms with E-state index >= 15 is 0 Å². The Morgan fingerprint density at radius 3 is 2.45 bits per heavy atom. The van der Waals surface area contributed by atoms with E-state index in [-0.39, 0.29) is 18.3 Å². The second kappa shape index (κ2) is 8.90. The van der Waals surface area contributed by atoms with Crippen LogP contribution in [0.5, 0.6) is 0 Å². The third-order valence-electron chi connectivity index (χ3n) is 10.6. The Labute approximate surface area is 201 Å². The molecule has 3 fully saturated rings. The van der Waals surface area contributed by atoms with Gasteiger partial charge in [0.15, 0.2) is 5.79 Å². The zero-order valence-corrected chi connectivity index (χ0v) is 22.2. The molecule has 5 nitrogen and oxygen atoms in total. The molecule has 0 aromatic carbocycles. The van der Waals surface area contributed by atoms with Crippen molar-refractivity contribution in [3.05, 3.63) is 11.6 Å². The van der Waals surface area contributed by atoms with Gasteiger partial charge in [0, 0.05) is 12.8 Å². The van der Waals surface area contributed by atoms with Crippen LogP contribution in [-0.2, 0) is 14.6 Å². The summed E-state index contributed by atoms with van der Waals surface area (Å²) in [6.45, 7) is 12.1. The zero-order valence-electron chi connectivity index (χ0n) is 21.3. The first kappa shape index (κ1) is 25.7. The fraction of sp³-hybridized carbons (Fsp3) is 0.926. The molecular weight excluding hydrogens is 436 g/mol. The first-order chi connectivity index (χ1) is 15.3. The molecule has 4 aliphatic carbocycles. The van der Waals surface area contributed by atoms with Crippen LogP contribution in [-0.4, -0.2) is 23.9 Å². The van der Waals surface area contributed by atoms with E-state index < -0.39 is 16.2 Å². The molecule has 4 rings (SSSR count). The number of hydrogen-bond acceptors (Lipinski definition) is 4. The molecule has 0 saturated heterocycles. The Morgan fingerprint density at radius 2 is 1.79 bits per heavy atom. The van der Waals surface area contributed by atoms with Crippen LogP contribution in [0.4, 0.5) is 0 Å². The molecule has 0 unspecified atom stereocenters. The fourth-order valence-corrected chi connectivity index (χ4v) is 9.44. The third kappa shape index (κ3) is 4.83. The van der Waals surface area contributed by atoms with Crippen molar-refractivity contribution in [2.75, 3.05) is 0 Å². The molecule has 2 N–H and O–H groups in total. The summed E-state index contributed by atoms with van der Waals surface area (Å²) in [5.41, 5.74) is 1.55. The molecule has 0 aliphatic heterocycles. The third-order valence-corrected chi connectivity index (χ3v) is 11.1. The normalized spacial score (nSPS) is 44.1. The monoisotopic (exact) mass is 482 g/mol. The van der Waals surface area contributed by atoms with Crippen LogP contribution < -0.4 is 0 Å². The predicted molar refractivity (Wildman–Crippen MR) is 131 cm³/mol. The van der Waals surface area contributed by atoms with Gasteiger partial charge in [-0.1, -0.05) is 65.5 Å². The molecule has 0 heterocycles. The molecule has 4 aliphatic rings. The highest BCUT2D eigenvalue weighted by Crippen LogP contribution is 2.67. The predicted octanol–water partition coefficient (Wildman–Crippen LogP) is 6.54. The summed E-state index contributed by atoms with van der Waals surface area (Å²) < 4.78 is 36.4. The summed E-state index contributed by atoms with van der Waals surface area (Å²) in [7, 11) is -4.69. The lowest BCUT2D eigenvalue weighted by atomic mass is 9.46. The van der Waals surface area contributed by atoms with E-state index in [1.807, 2.05) is 0 Å². The molecule has 6 heteroatoms. The van der Waals surface area contributed by atoms with E-state index in [1.54, 1.807) is 0 Å². The van der Waals surface area contributed by atoms with Crippen LogP contribution in [0.2, 0.25) is 0 Å². The molecule has 0 bridgehead atoms. The quantitative estimate of drug-likeness (QED) is 0.245. The number of rotatable bonds is 7. The number of allylic oxidation sites excluding steroid dienone is 1. The smallest absolute Gasteiger partial charge is 0.364 e. The summed E-state index contributed by atoms with van der Waals surface area (Å²) in [6.07, 6.45) is 13.7. The Kier molecular flexibility index (Phi) is 6.92. The van der Waals surface area contributed by atoms with Crippen LogP contribution in [0, 0.1) is 46.3 Å². The van der Waals surface area contributed by atoms with Crippen molar-refractivity contribution >= 4 is 10.4 Å². The second-order valence-electron chi connectivity index (χ2n) is 12.9. The first-order valence-electron chi connectivity index (χ1n) is 13.4. The number of hydrogen-bond donors (Lipinski definition) is 2. The molecule has 33 heavy (non-hydrogen) atoms. The molecule has 0 radical (unpaired) electrons. The van der Waals surface area contributed by atoms with Gasteiger partial charge in [0.25, 0.3) is 0 Å². The minimum atomic E-state index is -4.69. The van der Waals surface area contributed by atoms with Gasteiger partial charge in [0.1, 0.15) is 0 Å². The average Bonchev–Trinajstić information content (AvgIpc) is 3.04. The van der Waals surface area contributed by atoms with Crippen LogP contribution in [0.25, 0.3) is 0 Å². The minimum absolute atomic E-state index is 0.0139. The summed E-state index contributed by atoms with van der Waals surface area (Å²) in [5, 5.41) is 10.7. The maximum atomic E-state index is 11.3. The van der Waals surface area contributed by atoms with E-state index in [0.717, 1.165) is 35.7 Å². The standard InChI is InChI=1S/C27H46O5S/c1-18(2)7-6-8-19(3)22-11-12-23-21-10-9-20-17-27(28,32-33(29,30)31)16-15-25(20,4)24(21)13-14-26(22,23)5/h9,18-19,21-24,28H,6-8,10-17H2,1-5H3,(H,29,30,31)/t19-,21+,22-,23+,24+,25+,26-,27+/m1/s1. The van der Waals surface area contributed by atoms with Crippen molar-refractivity contribution in [1.82, 2.24) is 0 Å². The van der Waals surface area contributed by atoms with Gasteiger partial charge in [-0.15, -0.1) is 0 Å². The molecule has 0 amide bonds. The molecule has 3 saturated carbocycles. The lowest BCUT2D eigenvalue weighted by molar-refractivity contribution is -0.170. The first-order valence-corrected chi connectivity index (χ1v) is 14.7. The summed E-state index contributed by atoms with van der Waals surface area (Å²) in [4.78, 5) is 0. The van der Waals surface area contributed by atoms with Gasteiger partial charge in [-0.05, 0) is 84.9 Å². The van der Waals surface area contributed by atoms with E-state index in [2.05, 4.69) is 40.7 Å². The van der Waals surface area contributed by atoms with Crippen molar-refractivity contribution in [3.63, 3.8) is 0 Å². The molecule has 8 atom stereocenters. The number of fused-ring (bicyclic) bond motifs is 5. The van der Waals surface area contributed by atoms with E-state index in [0.29, 0.717) is 23.7 Å². The van der Waals surface area contributed by atoms with Crippen LogP contribution in [0.3, 0.4) is 0 Å². The van der Waals surface area contributed by atoms with Crippen molar-refractivity contribution in [2.45, 2.75) is 111 Å². The van der Waals surface area contributed by atoms with Crippen molar-refractivity contribution < 1.29 is 22.3 Å². The van der Waals surface area contributed by atoms with Gasteiger partial charge in [-0.25, -0.2) is 4.18 Å². The molecule has 190 valence electrons. The minimum Gasteiger partial charge on any atom is -0.364 e. The van der Waals surface area contributed by atoms with Gasteiger partial charge >= 0.3 is 10.4 Å². The Hall–Kier alpha value is -0.430. The molecule has 0 spiro atoms.